The molecule has 142 valence electrons. The van der Waals surface area contributed by atoms with E-state index in [1.165, 1.54) is 0 Å². The topological polar surface area (TPSA) is 58.6 Å². The summed E-state index contributed by atoms with van der Waals surface area (Å²) in [6.45, 7) is 6.69. The number of hydrogen-bond donors (Lipinski definition) is 1. The number of rotatable bonds is 4. The molecule has 0 atom stereocenters. The highest BCUT2D eigenvalue weighted by atomic mass is 35.5. The predicted octanol–water partition coefficient (Wildman–Crippen LogP) is 4.75. The fourth-order valence-electron chi connectivity index (χ4n) is 3.00. The minimum absolute atomic E-state index is 0.0406. The third-order valence-corrected chi connectivity index (χ3v) is 4.69. The van der Waals surface area contributed by atoms with E-state index in [1.807, 2.05) is 26.8 Å². The van der Waals surface area contributed by atoms with E-state index in [-0.39, 0.29) is 18.4 Å². The van der Waals surface area contributed by atoms with Crippen LogP contribution in [0.1, 0.15) is 37.6 Å². The number of carbonyl (C=O) groups is 2. The Morgan fingerprint density at radius 3 is 2.74 bits per heavy atom. The molecule has 1 heterocycles. The molecule has 1 N–H and O–H groups in total. The van der Waals surface area contributed by atoms with Crippen molar-refractivity contribution in [1.29, 1.82) is 0 Å². The molecule has 0 fully saturated rings. The Morgan fingerprint density at radius 2 is 2.04 bits per heavy atom. The summed E-state index contributed by atoms with van der Waals surface area (Å²) in [5.41, 5.74) is 1.19. The number of anilines is 2. The van der Waals surface area contributed by atoms with Crippen LogP contribution in [0.3, 0.4) is 0 Å². The second-order valence-corrected chi connectivity index (χ2v) is 7.71. The number of halogens is 1. The quantitative estimate of drug-likeness (QED) is 0.824. The van der Waals surface area contributed by atoms with Gasteiger partial charge in [-0.05, 0) is 50.6 Å². The van der Waals surface area contributed by atoms with Crippen LogP contribution in [0.15, 0.2) is 42.5 Å². The van der Waals surface area contributed by atoms with Gasteiger partial charge < -0.3 is 15.0 Å². The van der Waals surface area contributed by atoms with Crippen molar-refractivity contribution >= 4 is 34.8 Å². The Bertz CT molecular complexity index is 879. The average Bonchev–Trinajstić information content (AvgIpc) is 2.72. The number of ether oxygens (including phenoxy) is 1. The maximum Gasteiger partial charge on any atom is 0.255 e. The molecular formula is C21H23ClN2O3. The third-order valence-electron chi connectivity index (χ3n) is 4.46. The number of nitrogens with zero attached hydrogens (tertiary/aromatic N) is 1. The maximum atomic E-state index is 12.9. The molecule has 0 aromatic heterocycles. The summed E-state index contributed by atoms with van der Waals surface area (Å²) in [6, 6.07) is 12.1. The number of fused-ring (bicyclic) bond motifs is 1. The van der Waals surface area contributed by atoms with E-state index in [0.29, 0.717) is 28.6 Å². The van der Waals surface area contributed by atoms with Crippen LogP contribution < -0.4 is 15.0 Å². The van der Waals surface area contributed by atoms with Crippen LogP contribution >= 0.6 is 11.6 Å². The van der Waals surface area contributed by atoms with E-state index in [4.69, 9.17) is 16.3 Å². The van der Waals surface area contributed by atoms with Gasteiger partial charge in [0.05, 0.1) is 11.1 Å². The number of amides is 2. The normalized spacial score (nSPS) is 15.6. The summed E-state index contributed by atoms with van der Waals surface area (Å²) >= 11 is 5.95. The van der Waals surface area contributed by atoms with E-state index >= 15 is 0 Å². The van der Waals surface area contributed by atoms with Crippen molar-refractivity contribution < 1.29 is 14.3 Å². The first-order valence-corrected chi connectivity index (χ1v) is 9.35. The Labute approximate surface area is 164 Å². The van der Waals surface area contributed by atoms with Gasteiger partial charge in [0, 0.05) is 28.9 Å². The van der Waals surface area contributed by atoms with Crippen molar-refractivity contribution in [2.45, 2.75) is 27.2 Å². The molecule has 0 bridgehead atoms. The van der Waals surface area contributed by atoms with Crippen LogP contribution in [0.5, 0.6) is 5.75 Å². The van der Waals surface area contributed by atoms with Crippen molar-refractivity contribution in [2.24, 2.45) is 5.41 Å². The Kier molecular flexibility index (Phi) is 5.42. The number of benzene rings is 2. The lowest BCUT2D eigenvalue weighted by Crippen LogP contribution is -2.42. The SMILES string of the molecule is CCCN1C(=O)C(C)(C)COc2cc(NC(=O)c3cccc(Cl)c3)ccc21. The maximum absolute atomic E-state index is 12.9. The fourth-order valence-corrected chi connectivity index (χ4v) is 3.19. The zero-order valence-corrected chi connectivity index (χ0v) is 16.5. The molecule has 0 unspecified atom stereocenters. The van der Waals surface area contributed by atoms with E-state index in [2.05, 4.69) is 5.32 Å². The van der Waals surface area contributed by atoms with Crippen molar-refractivity contribution in [2.75, 3.05) is 23.4 Å². The van der Waals surface area contributed by atoms with E-state index < -0.39 is 5.41 Å². The van der Waals surface area contributed by atoms with Gasteiger partial charge in [-0.2, -0.15) is 0 Å². The highest BCUT2D eigenvalue weighted by Gasteiger charge is 2.37. The molecule has 0 saturated carbocycles. The van der Waals surface area contributed by atoms with Crippen LogP contribution in [0, 0.1) is 5.41 Å². The third kappa shape index (κ3) is 4.08. The van der Waals surface area contributed by atoms with E-state index in [1.54, 1.807) is 41.3 Å². The van der Waals surface area contributed by atoms with Crippen molar-refractivity contribution in [3.8, 4) is 5.75 Å². The summed E-state index contributed by atoms with van der Waals surface area (Å²) in [5, 5.41) is 3.36. The first kappa shape index (κ1) is 19.2. The monoisotopic (exact) mass is 386 g/mol. The first-order valence-electron chi connectivity index (χ1n) is 8.97. The van der Waals surface area contributed by atoms with Crippen molar-refractivity contribution in [1.82, 2.24) is 0 Å². The number of hydrogen-bond acceptors (Lipinski definition) is 3. The van der Waals surface area contributed by atoms with Gasteiger partial charge in [0.25, 0.3) is 5.91 Å². The zero-order chi connectivity index (χ0) is 19.6. The number of nitrogens with one attached hydrogen (secondary N) is 1. The highest BCUT2D eigenvalue weighted by Crippen LogP contribution is 2.38. The average molecular weight is 387 g/mol. The standard InChI is InChI=1S/C21H23ClN2O3/c1-4-10-24-17-9-8-16(12-18(17)27-13-21(2,3)20(24)26)23-19(25)14-6-5-7-15(22)11-14/h5-9,11-12H,4,10,13H2,1-3H3,(H,23,25). The van der Waals surface area contributed by atoms with E-state index in [0.717, 1.165) is 12.1 Å². The van der Waals surface area contributed by atoms with Crippen LogP contribution in [-0.4, -0.2) is 25.0 Å². The molecular weight excluding hydrogens is 364 g/mol. The Balaban J connectivity index is 1.89. The van der Waals surface area contributed by atoms with Gasteiger partial charge in [0.2, 0.25) is 5.91 Å². The lowest BCUT2D eigenvalue weighted by molar-refractivity contribution is -0.127. The first-order chi connectivity index (χ1) is 12.8. The molecule has 2 amide bonds. The van der Waals surface area contributed by atoms with Crippen LogP contribution in [0.4, 0.5) is 11.4 Å². The summed E-state index contributed by atoms with van der Waals surface area (Å²) < 4.78 is 5.92. The van der Waals surface area contributed by atoms with Crippen molar-refractivity contribution in [3.05, 3.63) is 53.1 Å². The Hall–Kier alpha value is -2.53. The second-order valence-electron chi connectivity index (χ2n) is 7.28. The molecule has 0 radical (unpaired) electrons. The lowest BCUT2D eigenvalue weighted by Gasteiger charge is -2.27. The van der Waals surface area contributed by atoms with E-state index in [9.17, 15) is 9.59 Å². The lowest BCUT2D eigenvalue weighted by atomic mass is 9.93. The largest absolute Gasteiger partial charge is 0.490 e. The van der Waals surface area contributed by atoms with Crippen LogP contribution in [-0.2, 0) is 4.79 Å². The molecule has 6 heteroatoms. The fraction of sp³-hybridized carbons (Fsp3) is 0.333. The molecule has 0 aliphatic carbocycles. The van der Waals surface area contributed by atoms with Crippen LogP contribution in [0.25, 0.3) is 0 Å². The summed E-state index contributed by atoms with van der Waals surface area (Å²) in [6.07, 6.45) is 0.842. The van der Waals surface area contributed by atoms with Gasteiger partial charge >= 0.3 is 0 Å². The smallest absolute Gasteiger partial charge is 0.255 e. The molecule has 3 rings (SSSR count). The van der Waals surface area contributed by atoms with Gasteiger partial charge in [-0.3, -0.25) is 9.59 Å². The van der Waals surface area contributed by atoms with Gasteiger partial charge in [-0.25, -0.2) is 0 Å². The van der Waals surface area contributed by atoms with Crippen LogP contribution in [0.2, 0.25) is 5.02 Å². The van der Waals surface area contributed by atoms with Crippen molar-refractivity contribution in [3.63, 3.8) is 0 Å². The molecule has 5 nitrogen and oxygen atoms in total. The summed E-state index contributed by atoms with van der Waals surface area (Å²) in [5.74, 6) is 0.373. The molecule has 1 aliphatic heterocycles. The minimum Gasteiger partial charge on any atom is -0.490 e. The minimum atomic E-state index is -0.613. The molecule has 27 heavy (non-hydrogen) atoms. The second kappa shape index (κ2) is 7.61. The highest BCUT2D eigenvalue weighted by molar-refractivity contribution is 6.31. The predicted molar refractivity (Wildman–Crippen MR) is 108 cm³/mol. The molecule has 2 aromatic carbocycles. The number of carbonyl (C=O) groups excluding carboxylic acids is 2. The Morgan fingerprint density at radius 1 is 1.26 bits per heavy atom. The molecule has 1 aliphatic rings. The van der Waals surface area contributed by atoms with Gasteiger partial charge in [0.1, 0.15) is 12.4 Å². The summed E-state index contributed by atoms with van der Waals surface area (Å²) in [7, 11) is 0. The van der Waals surface area contributed by atoms with Gasteiger partial charge in [0.15, 0.2) is 0 Å². The molecule has 0 saturated heterocycles. The molecule has 2 aromatic rings. The molecule has 0 spiro atoms. The van der Waals surface area contributed by atoms with Gasteiger partial charge in [-0.15, -0.1) is 0 Å². The summed E-state index contributed by atoms with van der Waals surface area (Å²) in [4.78, 5) is 27.1. The zero-order valence-electron chi connectivity index (χ0n) is 15.7. The van der Waals surface area contributed by atoms with Gasteiger partial charge in [-0.1, -0.05) is 24.6 Å².